The third-order valence-electron chi connectivity index (χ3n) is 2.88. The van der Waals surface area contributed by atoms with E-state index in [1.54, 1.807) is 6.92 Å². The van der Waals surface area contributed by atoms with E-state index in [0.717, 1.165) is 16.4 Å². The van der Waals surface area contributed by atoms with Crippen molar-refractivity contribution in [3.63, 3.8) is 0 Å². The Morgan fingerprint density at radius 1 is 1.40 bits per heavy atom. The van der Waals surface area contributed by atoms with Crippen molar-refractivity contribution in [2.75, 3.05) is 13.6 Å². The SMILES string of the molecule is CC(CN)N(C)S(=O)(=O)c1ccc(Br)c(C(F)(F)F)c1. The van der Waals surface area contributed by atoms with Crippen molar-refractivity contribution in [3.05, 3.63) is 28.2 Å². The van der Waals surface area contributed by atoms with Crippen LogP contribution in [0.1, 0.15) is 12.5 Å². The first-order valence-corrected chi connectivity index (χ1v) is 7.80. The number of hydrogen-bond acceptors (Lipinski definition) is 3. The van der Waals surface area contributed by atoms with Crippen LogP contribution in [-0.4, -0.2) is 32.4 Å². The van der Waals surface area contributed by atoms with Gasteiger partial charge in [0.2, 0.25) is 10.0 Å². The zero-order chi connectivity index (χ0) is 15.7. The molecule has 2 N–H and O–H groups in total. The molecule has 0 heterocycles. The number of alkyl halides is 3. The fourth-order valence-corrected chi connectivity index (χ4v) is 3.30. The molecule has 0 aromatic heterocycles. The van der Waals surface area contributed by atoms with Crippen molar-refractivity contribution in [1.29, 1.82) is 0 Å². The maximum Gasteiger partial charge on any atom is 0.417 e. The number of hydrogen-bond donors (Lipinski definition) is 1. The van der Waals surface area contributed by atoms with Crippen molar-refractivity contribution in [2.24, 2.45) is 5.73 Å². The Labute approximate surface area is 123 Å². The molecule has 0 radical (unpaired) electrons. The molecule has 1 aromatic carbocycles. The second-order valence-corrected chi connectivity index (χ2v) is 7.10. The van der Waals surface area contributed by atoms with E-state index in [4.69, 9.17) is 5.73 Å². The van der Waals surface area contributed by atoms with Gasteiger partial charge in [-0.3, -0.25) is 0 Å². The highest BCUT2D eigenvalue weighted by Gasteiger charge is 2.35. The summed E-state index contributed by atoms with van der Waals surface area (Å²) in [4.78, 5) is -0.421. The van der Waals surface area contributed by atoms with Crippen LogP contribution in [0.3, 0.4) is 0 Å². The van der Waals surface area contributed by atoms with Crippen molar-refractivity contribution >= 4 is 26.0 Å². The minimum absolute atomic E-state index is 0.0678. The molecule has 0 fully saturated rings. The van der Waals surface area contributed by atoms with E-state index < -0.39 is 32.7 Å². The molecule has 1 aromatic rings. The second kappa shape index (κ2) is 6.00. The van der Waals surface area contributed by atoms with E-state index in [0.29, 0.717) is 6.07 Å². The zero-order valence-electron chi connectivity index (χ0n) is 10.8. The van der Waals surface area contributed by atoms with Gasteiger partial charge < -0.3 is 5.73 Å². The summed E-state index contributed by atoms with van der Waals surface area (Å²) in [5.41, 5.74) is 4.34. The monoisotopic (exact) mass is 374 g/mol. The van der Waals surface area contributed by atoms with Crippen molar-refractivity contribution in [2.45, 2.75) is 24.0 Å². The lowest BCUT2D eigenvalue weighted by atomic mass is 10.2. The lowest BCUT2D eigenvalue weighted by Crippen LogP contribution is -2.39. The van der Waals surface area contributed by atoms with Crippen molar-refractivity contribution in [3.8, 4) is 0 Å². The van der Waals surface area contributed by atoms with Crippen LogP contribution in [0.5, 0.6) is 0 Å². The third kappa shape index (κ3) is 3.51. The van der Waals surface area contributed by atoms with Gasteiger partial charge in [-0.15, -0.1) is 0 Å². The fraction of sp³-hybridized carbons (Fsp3) is 0.455. The van der Waals surface area contributed by atoms with Gasteiger partial charge in [0.1, 0.15) is 0 Å². The van der Waals surface area contributed by atoms with Crippen LogP contribution in [0, 0.1) is 0 Å². The quantitative estimate of drug-likeness (QED) is 0.880. The van der Waals surface area contributed by atoms with Gasteiger partial charge in [-0.2, -0.15) is 17.5 Å². The van der Waals surface area contributed by atoms with Crippen molar-refractivity contribution in [1.82, 2.24) is 4.31 Å². The molecular formula is C11H14BrF3N2O2S. The van der Waals surface area contributed by atoms with E-state index in [1.165, 1.54) is 7.05 Å². The Morgan fingerprint density at radius 2 is 1.95 bits per heavy atom. The minimum atomic E-state index is -4.64. The topological polar surface area (TPSA) is 63.4 Å². The van der Waals surface area contributed by atoms with E-state index in [2.05, 4.69) is 15.9 Å². The normalized spacial score (nSPS) is 14.6. The number of halogens is 4. The molecule has 1 unspecified atom stereocenters. The number of likely N-dealkylation sites (N-methyl/N-ethyl adjacent to an activating group) is 1. The lowest BCUT2D eigenvalue weighted by molar-refractivity contribution is -0.138. The van der Waals surface area contributed by atoms with Crippen LogP contribution >= 0.6 is 15.9 Å². The maximum absolute atomic E-state index is 12.8. The summed E-state index contributed by atoms with van der Waals surface area (Å²) < 4.78 is 63.5. The highest BCUT2D eigenvalue weighted by Crippen LogP contribution is 2.36. The summed E-state index contributed by atoms with van der Waals surface area (Å²) >= 11 is 2.76. The summed E-state index contributed by atoms with van der Waals surface area (Å²) in [6.45, 7) is 1.64. The molecule has 20 heavy (non-hydrogen) atoms. The highest BCUT2D eigenvalue weighted by molar-refractivity contribution is 9.10. The summed E-state index contributed by atoms with van der Waals surface area (Å²) in [6, 6.07) is 2.28. The first-order chi connectivity index (χ1) is 9.01. The summed E-state index contributed by atoms with van der Waals surface area (Å²) in [6.07, 6.45) is -4.64. The number of benzene rings is 1. The van der Waals surface area contributed by atoms with Crippen LogP contribution in [0.2, 0.25) is 0 Å². The minimum Gasteiger partial charge on any atom is -0.329 e. The molecule has 1 rings (SSSR count). The van der Waals surface area contributed by atoms with Gasteiger partial charge in [-0.05, 0) is 25.1 Å². The van der Waals surface area contributed by atoms with Gasteiger partial charge in [0, 0.05) is 24.1 Å². The van der Waals surface area contributed by atoms with Crippen LogP contribution in [-0.2, 0) is 16.2 Å². The Morgan fingerprint density at radius 3 is 2.40 bits per heavy atom. The van der Waals surface area contributed by atoms with Gasteiger partial charge in [0.25, 0.3) is 0 Å². The van der Waals surface area contributed by atoms with Gasteiger partial charge in [-0.1, -0.05) is 15.9 Å². The molecule has 1 atom stereocenters. The molecule has 0 aliphatic heterocycles. The third-order valence-corrected chi connectivity index (χ3v) is 5.54. The first-order valence-electron chi connectivity index (χ1n) is 5.56. The Bertz CT molecular complexity index is 590. The number of rotatable bonds is 4. The predicted molar refractivity (Wildman–Crippen MR) is 72.6 cm³/mol. The van der Waals surface area contributed by atoms with E-state index in [-0.39, 0.29) is 11.0 Å². The Hall–Kier alpha value is -0.640. The van der Waals surface area contributed by atoms with Crippen LogP contribution < -0.4 is 5.73 Å². The van der Waals surface area contributed by atoms with Gasteiger partial charge in [0.15, 0.2) is 0 Å². The summed E-state index contributed by atoms with van der Waals surface area (Å²) in [7, 11) is -2.74. The molecule has 9 heteroatoms. The molecule has 0 saturated heterocycles. The molecule has 0 bridgehead atoms. The predicted octanol–water partition coefficient (Wildman–Crippen LogP) is 2.44. The molecule has 0 spiro atoms. The molecule has 0 aliphatic rings. The fourth-order valence-electron chi connectivity index (χ4n) is 1.43. The standard InChI is InChI=1S/C11H14BrF3N2O2S/c1-7(6-16)17(2)20(18,19)8-3-4-10(12)9(5-8)11(13,14)15/h3-5,7H,6,16H2,1-2H3. The van der Waals surface area contributed by atoms with E-state index in [9.17, 15) is 21.6 Å². The number of sulfonamides is 1. The average Bonchev–Trinajstić information content (AvgIpc) is 2.35. The van der Waals surface area contributed by atoms with E-state index in [1.807, 2.05) is 0 Å². The largest absolute Gasteiger partial charge is 0.417 e. The molecular weight excluding hydrogens is 361 g/mol. The maximum atomic E-state index is 12.8. The molecule has 114 valence electrons. The average molecular weight is 375 g/mol. The highest BCUT2D eigenvalue weighted by atomic mass is 79.9. The summed E-state index contributed by atoms with van der Waals surface area (Å²) in [5, 5.41) is 0. The molecule has 0 amide bonds. The molecule has 0 saturated carbocycles. The smallest absolute Gasteiger partial charge is 0.329 e. The van der Waals surface area contributed by atoms with Gasteiger partial charge in [0.05, 0.1) is 10.5 Å². The van der Waals surface area contributed by atoms with Crippen LogP contribution in [0.25, 0.3) is 0 Å². The first kappa shape index (κ1) is 17.4. The Balaban J connectivity index is 3.34. The van der Waals surface area contributed by atoms with Crippen molar-refractivity contribution < 1.29 is 21.6 Å². The number of nitrogens with zero attached hydrogens (tertiary/aromatic N) is 1. The van der Waals surface area contributed by atoms with Gasteiger partial charge in [-0.25, -0.2) is 8.42 Å². The van der Waals surface area contributed by atoms with Crippen LogP contribution in [0.15, 0.2) is 27.6 Å². The number of nitrogens with two attached hydrogens (primary N) is 1. The molecule has 4 nitrogen and oxygen atoms in total. The van der Waals surface area contributed by atoms with Gasteiger partial charge >= 0.3 is 6.18 Å². The van der Waals surface area contributed by atoms with E-state index >= 15 is 0 Å². The lowest BCUT2D eigenvalue weighted by Gasteiger charge is -2.23. The van der Waals surface area contributed by atoms with Crippen LogP contribution in [0.4, 0.5) is 13.2 Å². The molecule has 0 aliphatic carbocycles. The summed E-state index contributed by atoms with van der Waals surface area (Å²) in [5.74, 6) is 0. The Kier molecular flexibility index (Phi) is 5.23. The zero-order valence-corrected chi connectivity index (χ0v) is 13.2. The second-order valence-electron chi connectivity index (χ2n) is 4.25.